The lowest BCUT2D eigenvalue weighted by Gasteiger charge is -2.32. The molecule has 0 unspecified atom stereocenters. The van der Waals surface area contributed by atoms with E-state index in [4.69, 9.17) is 4.74 Å². The molecule has 1 amide bonds. The molecule has 0 saturated carbocycles. The summed E-state index contributed by atoms with van der Waals surface area (Å²) < 4.78 is 5.42. The predicted molar refractivity (Wildman–Crippen MR) is 118 cm³/mol. The first kappa shape index (κ1) is 20.2. The molecule has 2 fully saturated rings. The van der Waals surface area contributed by atoms with Crippen LogP contribution in [0.4, 0.5) is 11.6 Å². The first-order valence-corrected chi connectivity index (χ1v) is 11.4. The van der Waals surface area contributed by atoms with E-state index in [2.05, 4.69) is 42.4 Å². The van der Waals surface area contributed by atoms with Crippen LogP contribution in [0, 0.1) is 5.92 Å². The van der Waals surface area contributed by atoms with Gasteiger partial charge in [-0.3, -0.25) is 4.79 Å². The number of aryl methyl sites for hydroxylation is 2. The second-order valence-corrected chi connectivity index (χ2v) is 8.63. The first-order chi connectivity index (χ1) is 15.3. The molecule has 0 radical (unpaired) electrons. The summed E-state index contributed by atoms with van der Waals surface area (Å²) in [6.45, 7) is 5.42. The van der Waals surface area contributed by atoms with Gasteiger partial charge in [0.15, 0.2) is 5.82 Å². The minimum Gasteiger partial charge on any atom is -0.378 e. The number of hydrogen-bond acceptors (Lipinski definition) is 7. The number of pyridine rings is 1. The number of carbonyl (C=O) groups is 1. The smallest absolute Gasteiger partial charge is 0.223 e. The molecule has 2 aromatic heterocycles. The number of morpholine rings is 1. The summed E-state index contributed by atoms with van der Waals surface area (Å²) in [5.41, 5.74) is 3.58. The normalized spacial score (nSPS) is 19.4. The van der Waals surface area contributed by atoms with Gasteiger partial charge in [-0.1, -0.05) is 0 Å². The Bertz CT molecular complexity index is 922. The van der Waals surface area contributed by atoms with Crippen molar-refractivity contribution in [2.24, 2.45) is 5.92 Å². The van der Waals surface area contributed by atoms with Crippen molar-refractivity contribution in [2.45, 2.75) is 38.6 Å². The Hall–Kier alpha value is -2.74. The molecule has 1 aliphatic carbocycles. The fourth-order valence-electron chi connectivity index (χ4n) is 4.71. The van der Waals surface area contributed by atoms with Gasteiger partial charge in [0.2, 0.25) is 5.91 Å². The highest BCUT2D eigenvalue weighted by Crippen LogP contribution is 2.26. The molecule has 31 heavy (non-hydrogen) atoms. The minimum atomic E-state index is 0.0548. The zero-order valence-corrected chi connectivity index (χ0v) is 17.9. The third kappa shape index (κ3) is 4.63. The Morgan fingerprint density at radius 3 is 2.68 bits per heavy atom. The standard InChI is InChI=1S/C23H30N6O2/c30-23(25-16-17-4-7-24-21(14-17)29-10-12-31-13-11-29)18-5-8-28(9-6-18)22-15-19-2-1-3-20(19)26-27-22/h4,7,14-15,18H,1-3,5-6,8-13,16H2,(H,25,30). The SMILES string of the molecule is O=C(NCc1ccnc(N2CCOCC2)c1)C1CCN(c2cc3c(nn2)CCC3)CC1. The summed E-state index contributed by atoms with van der Waals surface area (Å²) in [5.74, 6) is 2.12. The van der Waals surface area contributed by atoms with Gasteiger partial charge in [-0.2, -0.15) is 5.10 Å². The summed E-state index contributed by atoms with van der Waals surface area (Å²) in [6.07, 6.45) is 6.86. The monoisotopic (exact) mass is 422 g/mol. The molecule has 164 valence electrons. The molecule has 0 atom stereocenters. The van der Waals surface area contributed by atoms with Gasteiger partial charge in [0.1, 0.15) is 5.82 Å². The van der Waals surface area contributed by atoms with Crippen molar-refractivity contribution in [2.75, 3.05) is 49.2 Å². The Morgan fingerprint density at radius 2 is 1.84 bits per heavy atom. The predicted octanol–water partition coefficient (Wildman–Crippen LogP) is 1.73. The van der Waals surface area contributed by atoms with Gasteiger partial charge in [0.25, 0.3) is 0 Å². The largest absolute Gasteiger partial charge is 0.378 e. The second kappa shape index (κ2) is 9.18. The molecule has 2 aliphatic heterocycles. The van der Waals surface area contributed by atoms with Gasteiger partial charge in [-0.25, -0.2) is 4.98 Å². The molecule has 1 N–H and O–H groups in total. The molecule has 0 spiro atoms. The number of carbonyl (C=O) groups excluding carboxylic acids is 1. The van der Waals surface area contributed by atoms with Crippen LogP contribution in [0.25, 0.3) is 0 Å². The Kier molecular flexibility index (Phi) is 5.97. The number of hydrogen-bond donors (Lipinski definition) is 1. The van der Waals surface area contributed by atoms with Crippen LogP contribution in [-0.2, 0) is 28.9 Å². The molecule has 2 saturated heterocycles. The number of ether oxygens (including phenoxy) is 1. The highest BCUT2D eigenvalue weighted by molar-refractivity contribution is 5.79. The number of nitrogens with one attached hydrogen (secondary N) is 1. The van der Waals surface area contributed by atoms with Gasteiger partial charge < -0.3 is 19.9 Å². The molecule has 5 rings (SSSR count). The molecule has 0 aromatic carbocycles. The van der Waals surface area contributed by atoms with E-state index >= 15 is 0 Å². The van der Waals surface area contributed by atoms with Gasteiger partial charge >= 0.3 is 0 Å². The lowest BCUT2D eigenvalue weighted by molar-refractivity contribution is -0.125. The summed E-state index contributed by atoms with van der Waals surface area (Å²) in [6, 6.07) is 6.24. The Labute approximate surface area is 183 Å². The quantitative estimate of drug-likeness (QED) is 0.786. The van der Waals surface area contributed by atoms with Crippen molar-refractivity contribution in [1.29, 1.82) is 0 Å². The van der Waals surface area contributed by atoms with Crippen LogP contribution in [0.5, 0.6) is 0 Å². The van der Waals surface area contributed by atoms with Gasteiger partial charge in [0.05, 0.1) is 18.9 Å². The van der Waals surface area contributed by atoms with Crippen molar-refractivity contribution in [3.63, 3.8) is 0 Å². The van der Waals surface area contributed by atoms with Gasteiger partial charge in [-0.15, -0.1) is 5.10 Å². The van der Waals surface area contributed by atoms with Crippen LogP contribution in [0.15, 0.2) is 24.4 Å². The highest BCUT2D eigenvalue weighted by atomic mass is 16.5. The molecule has 4 heterocycles. The summed E-state index contributed by atoms with van der Waals surface area (Å²) in [5, 5.41) is 12.0. The van der Waals surface area contributed by atoms with Crippen LogP contribution >= 0.6 is 0 Å². The maximum atomic E-state index is 12.8. The summed E-state index contributed by atoms with van der Waals surface area (Å²) in [7, 11) is 0. The zero-order valence-electron chi connectivity index (χ0n) is 17.9. The summed E-state index contributed by atoms with van der Waals surface area (Å²) in [4.78, 5) is 21.7. The number of aromatic nitrogens is 3. The van der Waals surface area contributed by atoms with E-state index in [1.165, 1.54) is 12.0 Å². The van der Waals surface area contributed by atoms with Crippen molar-refractivity contribution in [1.82, 2.24) is 20.5 Å². The average molecular weight is 423 g/mol. The molecule has 8 heteroatoms. The Morgan fingerprint density at radius 1 is 1.03 bits per heavy atom. The molecule has 8 nitrogen and oxygen atoms in total. The van der Waals surface area contributed by atoms with Crippen molar-refractivity contribution in [3.8, 4) is 0 Å². The van der Waals surface area contributed by atoms with Crippen LogP contribution < -0.4 is 15.1 Å². The van der Waals surface area contributed by atoms with E-state index in [0.717, 1.165) is 88.0 Å². The topological polar surface area (TPSA) is 83.5 Å². The lowest BCUT2D eigenvalue weighted by atomic mass is 9.95. The van der Waals surface area contributed by atoms with Crippen molar-refractivity contribution >= 4 is 17.5 Å². The van der Waals surface area contributed by atoms with Crippen molar-refractivity contribution < 1.29 is 9.53 Å². The fourth-order valence-corrected chi connectivity index (χ4v) is 4.71. The van der Waals surface area contributed by atoms with E-state index in [-0.39, 0.29) is 11.8 Å². The molecule has 3 aliphatic rings. The maximum absolute atomic E-state index is 12.8. The summed E-state index contributed by atoms with van der Waals surface area (Å²) >= 11 is 0. The van der Waals surface area contributed by atoms with Gasteiger partial charge in [0, 0.05) is 44.8 Å². The number of piperidine rings is 1. The zero-order chi connectivity index (χ0) is 21.0. The molecular formula is C23H30N6O2. The van der Waals surface area contributed by atoms with Crippen LogP contribution in [-0.4, -0.2) is 60.5 Å². The van der Waals surface area contributed by atoms with E-state index in [1.807, 2.05) is 12.3 Å². The van der Waals surface area contributed by atoms with E-state index in [0.29, 0.717) is 6.54 Å². The van der Waals surface area contributed by atoms with E-state index in [9.17, 15) is 4.79 Å². The number of amides is 1. The van der Waals surface area contributed by atoms with Crippen molar-refractivity contribution in [3.05, 3.63) is 41.2 Å². The highest BCUT2D eigenvalue weighted by Gasteiger charge is 2.26. The second-order valence-electron chi connectivity index (χ2n) is 8.63. The average Bonchev–Trinajstić information content (AvgIpc) is 3.31. The van der Waals surface area contributed by atoms with Crippen LogP contribution in [0.2, 0.25) is 0 Å². The van der Waals surface area contributed by atoms with Gasteiger partial charge in [-0.05, 0) is 61.4 Å². The number of nitrogens with zero attached hydrogens (tertiary/aromatic N) is 5. The number of rotatable bonds is 5. The minimum absolute atomic E-state index is 0.0548. The maximum Gasteiger partial charge on any atom is 0.223 e. The van der Waals surface area contributed by atoms with E-state index < -0.39 is 0 Å². The molecule has 0 bridgehead atoms. The molecular weight excluding hydrogens is 392 g/mol. The van der Waals surface area contributed by atoms with Crippen LogP contribution in [0.1, 0.15) is 36.1 Å². The number of fused-ring (bicyclic) bond motifs is 1. The Balaban J connectivity index is 1.12. The third-order valence-corrected chi connectivity index (χ3v) is 6.61. The van der Waals surface area contributed by atoms with Crippen LogP contribution in [0.3, 0.4) is 0 Å². The van der Waals surface area contributed by atoms with E-state index in [1.54, 1.807) is 0 Å². The first-order valence-electron chi connectivity index (χ1n) is 11.4. The third-order valence-electron chi connectivity index (χ3n) is 6.61. The lowest BCUT2D eigenvalue weighted by Crippen LogP contribution is -2.40. The molecule has 2 aromatic rings. The number of anilines is 2. The fraction of sp³-hybridized carbons (Fsp3) is 0.565.